The molecule has 0 aromatic heterocycles. The maximum atomic E-state index is 10.9. The standard InChI is InChI=1S/C7H11IO4/c1-3(9)5-6(8)12-7(10)4(2)11-5/h3-6,9H,1-2H3. The fourth-order valence-electron chi connectivity index (χ4n) is 0.960. The molecule has 0 aliphatic carbocycles. The van der Waals surface area contributed by atoms with Crippen molar-refractivity contribution in [2.45, 2.75) is 36.3 Å². The summed E-state index contributed by atoms with van der Waals surface area (Å²) in [4.78, 5) is 10.9. The van der Waals surface area contributed by atoms with Crippen LogP contribution in [0.2, 0.25) is 0 Å². The summed E-state index contributed by atoms with van der Waals surface area (Å²) in [6, 6.07) is 0. The van der Waals surface area contributed by atoms with Crippen LogP contribution in [0.25, 0.3) is 0 Å². The molecule has 70 valence electrons. The first-order valence-corrected chi connectivity index (χ1v) is 4.95. The van der Waals surface area contributed by atoms with Crippen LogP contribution in [0.5, 0.6) is 0 Å². The number of alkyl halides is 1. The molecule has 1 heterocycles. The third-order valence-corrected chi connectivity index (χ3v) is 2.62. The highest BCUT2D eigenvalue weighted by Gasteiger charge is 2.37. The number of hydrogen-bond acceptors (Lipinski definition) is 4. The number of esters is 1. The van der Waals surface area contributed by atoms with Crippen LogP contribution < -0.4 is 0 Å². The van der Waals surface area contributed by atoms with Crippen LogP contribution in [-0.2, 0) is 14.3 Å². The van der Waals surface area contributed by atoms with Gasteiger partial charge in [-0.05, 0) is 36.4 Å². The van der Waals surface area contributed by atoms with Crippen LogP contribution >= 0.6 is 22.6 Å². The Kier molecular flexibility index (Phi) is 3.30. The molecule has 1 aliphatic heterocycles. The number of cyclic esters (lactones) is 1. The summed E-state index contributed by atoms with van der Waals surface area (Å²) in [7, 11) is 0. The summed E-state index contributed by atoms with van der Waals surface area (Å²) in [6.45, 7) is 3.22. The molecule has 0 radical (unpaired) electrons. The third-order valence-electron chi connectivity index (χ3n) is 1.66. The van der Waals surface area contributed by atoms with Crippen molar-refractivity contribution in [2.75, 3.05) is 0 Å². The monoisotopic (exact) mass is 286 g/mol. The zero-order valence-corrected chi connectivity index (χ0v) is 9.02. The van der Waals surface area contributed by atoms with Crippen LogP contribution in [0.3, 0.4) is 0 Å². The Morgan fingerprint density at radius 3 is 2.75 bits per heavy atom. The van der Waals surface area contributed by atoms with Crippen LogP contribution in [0.4, 0.5) is 0 Å². The van der Waals surface area contributed by atoms with Gasteiger partial charge in [0, 0.05) is 0 Å². The zero-order valence-electron chi connectivity index (χ0n) is 6.86. The predicted octanol–water partition coefficient (Wildman–Crippen LogP) is 0.459. The summed E-state index contributed by atoms with van der Waals surface area (Å²) in [5, 5.41) is 9.23. The minimum atomic E-state index is -0.623. The SMILES string of the molecule is CC1OC(C(C)O)C(I)OC1=O. The number of aliphatic hydroxyl groups excluding tert-OH is 1. The summed E-state index contributed by atoms with van der Waals surface area (Å²) < 4.78 is 9.78. The van der Waals surface area contributed by atoms with Gasteiger partial charge >= 0.3 is 5.97 Å². The Bertz CT molecular complexity index is 182. The van der Waals surface area contributed by atoms with Crippen LogP contribution in [0.1, 0.15) is 13.8 Å². The zero-order chi connectivity index (χ0) is 9.30. The maximum absolute atomic E-state index is 10.9. The second kappa shape index (κ2) is 3.89. The van der Waals surface area contributed by atoms with E-state index in [1.807, 2.05) is 22.6 Å². The first-order valence-electron chi connectivity index (χ1n) is 3.70. The van der Waals surface area contributed by atoms with E-state index in [1.165, 1.54) is 0 Å². The third kappa shape index (κ3) is 2.08. The summed E-state index contributed by atoms with van der Waals surface area (Å²) in [5.41, 5.74) is 0. The van der Waals surface area contributed by atoms with E-state index in [9.17, 15) is 9.90 Å². The van der Waals surface area contributed by atoms with Gasteiger partial charge in [-0.25, -0.2) is 4.79 Å². The molecular formula is C7H11IO4. The Morgan fingerprint density at radius 2 is 2.25 bits per heavy atom. The van der Waals surface area contributed by atoms with E-state index in [0.717, 1.165) is 0 Å². The fourth-order valence-corrected chi connectivity index (χ4v) is 1.98. The number of carbonyl (C=O) groups is 1. The Hall–Kier alpha value is 0.120. The van der Waals surface area contributed by atoms with Crippen molar-refractivity contribution in [3.63, 3.8) is 0 Å². The minimum absolute atomic E-state index is 0.369. The molecule has 4 nitrogen and oxygen atoms in total. The lowest BCUT2D eigenvalue weighted by Crippen LogP contribution is -2.47. The smallest absolute Gasteiger partial charge is 0.336 e. The lowest BCUT2D eigenvalue weighted by Gasteiger charge is -2.32. The summed E-state index contributed by atoms with van der Waals surface area (Å²) >= 11 is 1.93. The van der Waals surface area contributed by atoms with Crippen molar-refractivity contribution in [3.8, 4) is 0 Å². The largest absolute Gasteiger partial charge is 0.447 e. The van der Waals surface area contributed by atoms with Gasteiger partial charge in [0.2, 0.25) is 0 Å². The Morgan fingerprint density at radius 1 is 1.67 bits per heavy atom. The van der Waals surface area contributed by atoms with Crippen LogP contribution in [0, 0.1) is 0 Å². The van der Waals surface area contributed by atoms with E-state index in [-0.39, 0.29) is 5.97 Å². The highest BCUT2D eigenvalue weighted by atomic mass is 127. The molecule has 1 saturated heterocycles. The van der Waals surface area contributed by atoms with Gasteiger partial charge < -0.3 is 14.6 Å². The number of aliphatic hydroxyl groups is 1. The molecule has 4 atom stereocenters. The van der Waals surface area contributed by atoms with Gasteiger partial charge in [-0.1, -0.05) is 0 Å². The Labute approximate surface area is 84.4 Å². The van der Waals surface area contributed by atoms with Gasteiger partial charge in [-0.15, -0.1) is 0 Å². The lowest BCUT2D eigenvalue weighted by molar-refractivity contribution is -0.193. The average Bonchev–Trinajstić information content (AvgIpc) is 1.96. The molecule has 0 aromatic rings. The van der Waals surface area contributed by atoms with Crippen LogP contribution in [-0.4, -0.2) is 33.5 Å². The molecule has 12 heavy (non-hydrogen) atoms. The quantitative estimate of drug-likeness (QED) is 0.432. The molecule has 0 amide bonds. The van der Waals surface area contributed by atoms with E-state index in [4.69, 9.17) is 9.47 Å². The van der Waals surface area contributed by atoms with E-state index in [2.05, 4.69) is 0 Å². The Balaban J connectivity index is 2.61. The van der Waals surface area contributed by atoms with Gasteiger partial charge in [-0.3, -0.25) is 0 Å². The second-order valence-electron chi connectivity index (χ2n) is 2.77. The van der Waals surface area contributed by atoms with E-state index < -0.39 is 22.4 Å². The first-order chi connectivity index (χ1) is 5.52. The number of halogens is 1. The van der Waals surface area contributed by atoms with Gasteiger partial charge in [-0.2, -0.15) is 0 Å². The molecule has 0 saturated carbocycles. The maximum Gasteiger partial charge on any atom is 0.336 e. The van der Waals surface area contributed by atoms with Crippen molar-refractivity contribution in [2.24, 2.45) is 0 Å². The average molecular weight is 286 g/mol. The molecule has 1 fully saturated rings. The lowest BCUT2D eigenvalue weighted by atomic mass is 10.2. The number of ether oxygens (including phenoxy) is 2. The van der Waals surface area contributed by atoms with Crippen molar-refractivity contribution in [3.05, 3.63) is 0 Å². The number of hydrogen-bond donors (Lipinski definition) is 1. The fraction of sp³-hybridized carbons (Fsp3) is 0.857. The van der Waals surface area contributed by atoms with Crippen molar-refractivity contribution >= 4 is 28.6 Å². The molecule has 0 bridgehead atoms. The normalized spacial score (nSPS) is 39.0. The molecule has 0 aromatic carbocycles. The van der Waals surface area contributed by atoms with Gasteiger partial charge in [0.25, 0.3) is 0 Å². The highest BCUT2D eigenvalue weighted by molar-refractivity contribution is 14.1. The predicted molar refractivity (Wildman–Crippen MR) is 49.9 cm³/mol. The topological polar surface area (TPSA) is 55.8 Å². The number of rotatable bonds is 1. The van der Waals surface area contributed by atoms with E-state index in [1.54, 1.807) is 13.8 Å². The second-order valence-corrected chi connectivity index (χ2v) is 4.00. The molecule has 4 unspecified atom stereocenters. The number of carbonyl (C=O) groups excluding carboxylic acids is 1. The molecule has 1 N–H and O–H groups in total. The van der Waals surface area contributed by atoms with E-state index in [0.29, 0.717) is 0 Å². The molecular weight excluding hydrogens is 275 g/mol. The van der Waals surface area contributed by atoms with Crippen molar-refractivity contribution in [1.82, 2.24) is 0 Å². The molecule has 1 rings (SSSR count). The minimum Gasteiger partial charge on any atom is -0.447 e. The first kappa shape index (κ1) is 10.2. The van der Waals surface area contributed by atoms with Crippen LogP contribution in [0.15, 0.2) is 0 Å². The highest BCUT2D eigenvalue weighted by Crippen LogP contribution is 2.23. The molecule has 0 spiro atoms. The molecule has 5 heteroatoms. The van der Waals surface area contributed by atoms with Gasteiger partial charge in [0.15, 0.2) is 10.2 Å². The van der Waals surface area contributed by atoms with E-state index >= 15 is 0 Å². The van der Waals surface area contributed by atoms with Crippen molar-refractivity contribution < 1.29 is 19.4 Å². The van der Waals surface area contributed by atoms with Crippen molar-refractivity contribution in [1.29, 1.82) is 0 Å². The summed E-state index contributed by atoms with van der Waals surface area (Å²) in [5.74, 6) is -0.369. The van der Waals surface area contributed by atoms with Gasteiger partial charge in [0.1, 0.15) is 6.10 Å². The van der Waals surface area contributed by atoms with Gasteiger partial charge in [0.05, 0.1) is 6.10 Å². The molecule has 1 aliphatic rings. The summed E-state index contributed by atoms with van der Waals surface area (Å²) in [6.07, 6.45) is -1.61.